The van der Waals surface area contributed by atoms with Gasteiger partial charge in [-0.15, -0.1) is 13.2 Å². The van der Waals surface area contributed by atoms with E-state index in [0.29, 0.717) is 11.3 Å². The predicted molar refractivity (Wildman–Crippen MR) is 435 cm³/mol. The average Bonchev–Trinajstić information content (AvgIpc) is 0.765. The van der Waals surface area contributed by atoms with Gasteiger partial charge in [0.15, 0.2) is 23.9 Å². The number of aliphatic hydroxyl groups is 7. The number of carbonyl (C=O) groups is 9. The second kappa shape index (κ2) is 39.4. The molecule has 11 bridgehead atoms. The van der Waals surface area contributed by atoms with Crippen LogP contribution in [0, 0.1) is 5.92 Å². The maximum absolute atomic E-state index is 16.3. The van der Waals surface area contributed by atoms with Gasteiger partial charge in [0.05, 0.1) is 47.9 Å². The van der Waals surface area contributed by atoms with E-state index in [1.807, 2.05) is 0 Å². The minimum Gasteiger partial charge on any atom is -0.508 e. The summed E-state index contributed by atoms with van der Waals surface area (Å²) in [7, 11) is 1.46. The van der Waals surface area contributed by atoms with Crippen LogP contribution in [0.2, 0.25) is 10.0 Å². The SMILES string of the molecule is CNC(CC(C)C)C(=O)NC1C(=O)NC(CC(N)=O)C(=O)NC2C(=O)NC3C(=O)NC(C(=O)NC(C(=O)NNCCO)c4cc(O)cc(O)c4-c4cc3ccc4O)C(O)c3ccc(c(Cl)c3)Oc3cc2cc(c3OC2OC(CO)C(O)C(O)C2OC2CC(C)(NCc3ccc(NC(=O)c4ccc(OC(F)(F)F)cc4)cc3)C(O)C(C)O2)Oc2ccc(cc2Cl)C1O. The summed E-state index contributed by atoms with van der Waals surface area (Å²) in [5.41, 5.74) is 7.24. The summed E-state index contributed by atoms with van der Waals surface area (Å²) in [6.45, 7) is 4.89. The number of phenols is 3. The van der Waals surface area contributed by atoms with Crippen molar-refractivity contribution in [2.45, 2.75) is 169 Å². The maximum atomic E-state index is 16.3. The largest absolute Gasteiger partial charge is 0.573 e. The fourth-order valence-corrected chi connectivity index (χ4v) is 15.4. The lowest BCUT2D eigenvalue weighted by Crippen LogP contribution is -2.65. The number of anilines is 1. The molecule has 18 atom stereocenters. The average molecular weight is 1800 g/mol. The number of nitrogens with one attached hydrogen (secondary N) is 11. The molecule has 18 unspecified atom stereocenters. The number of hydrazine groups is 1. The summed E-state index contributed by atoms with van der Waals surface area (Å²) in [6.07, 6.45) is -24.5. The lowest BCUT2D eigenvalue weighted by molar-refractivity contribution is -0.334. The van der Waals surface area contributed by atoms with Gasteiger partial charge in [0.2, 0.25) is 53.4 Å². The Bertz CT molecular complexity index is 5260. The lowest BCUT2D eigenvalue weighted by atomic mass is 9.84. The van der Waals surface area contributed by atoms with Gasteiger partial charge in [0, 0.05) is 53.5 Å². The molecule has 14 rings (SSSR count). The highest BCUT2D eigenvalue weighted by molar-refractivity contribution is 6.32. The molecule has 0 aromatic heterocycles. The Labute approximate surface area is 724 Å². The maximum Gasteiger partial charge on any atom is 0.573 e. The van der Waals surface area contributed by atoms with Gasteiger partial charge >= 0.3 is 6.36 Å². The number of nitrogens with two attached hydrogens (primary N) is 1. The van der Waals surface area contributed by atoms with E-state index in [4.69, 9.17) is 57.4 Å². The van der Waals surface area contributed by atoms with Crippen molar-refractivity contribution in [1.82, 2.24) is 53.4 Å². The van der Waals surface area contributed by atoms with E-state index in [2.05, 4.69) is 63.4 Å². The molecule has 43 heteroatoms. The van der Waals surface area contributed by atoms with Crippen LogP contribution in [0.4, 0.5) is 18.9 Å². The summed E-state index contributed by atoms with van der Waals surface area (Å²) in [4.78, 5) is 133. The highest BCUT2D eigenvalue weighted by atomic mass is 35.5. The Balaban J connectivity index is 1.00. The Morgan fingerprint density at radius 1 is 0.690 bits per heavy atom. The summed E-state index contributed by atoms with van der Waals surface area (Å²) < 4.78 is 81.7. The minimum absolute atomic E-state index is 0.0127. The van der Waals surface area contributed by atoms with Crippen LogP contribution < -0.4 is 83.4 Å². The number of fused-ring (bicyclic) bond motifs is 15. The molecule has 2 saturated heterocycles. The first-order chi connectivity index (χ1) is 59.7. The van der Waals surface area contributed by atoms with Crippen molar-refractivity contribution in [2.24, 2.45) is 11.7 Å². The molecule has 7 aromatic carbocycles. The molecule has 7 aliphatic rings. The fourth-order valence-electron chi connectivity index (χ4n) is 14.9. The number of amides is 9. The van der Waals surface area contributed by atoms with Crippen LogP contribution in [-0.2, 0) is 59.1 Å². The van der Waals surface area contributed by atoms with Gasteiger partial charge in [-0.3, -0.25) is 48.6 Å². The molecule has 23 N–H and O–H groups in total. The van der Waals surface area contributed by atoms with E-state index < -0.39 is 267 Å². The highest BCUT2D eigenvalue weighted by Gasteiger charge is 2.53. The van der Waals surface area contributed by atoms with Crippen LogP contribution in [0.25, 0.3) is 11.1 Å². The standard InChI is InChI=1S/C83H91Cl2F3N12O26/c1-34(2)22-49(90-5)74(113)98-64-66(107)39-11-18-53(47(84)24-39)121-55-26-41-27-56(70(55)125-81-71(69(110)68(109)57(33-102)123-81)124-59-31-82(4,72(111)35(3)120-59)91-32-36-6-13-42(14-7-36)93-73(112)37-8-15-44(16-9-37)126-83(86,87)88)122-54-19-12-40(25-48(54)85)67(108)65-79(118)97-63(80(119)100-92-20-21-101)46-28-43(103)29-52(105)60(46)45-23-38(10-17-51(45)104)61(76(115)99-65)96-77(116)62(41)95-75(114)50(30-58(89)106)94-78(64)117/h6-19,23-29,34-35,49-50,57,59,61-69,71-72,81,90-92,101-105,107-111H,20-22,30-33H2,1-5H3,(H2,89,106)(H,93,112)(H,94,117)(H,95,114)(H,96,116)(H,97,118)(H,98,113)(H,99,115)(H,100,119). The van der Waals surface area contributed by atoms with Gasteiger partial charge in [-0.2, -0.15) is 0 Å². The van der Waals surface area contributed by atoms with Crippen molar-refractivity contribution in [3.63, 3.8) is 0 Å². The van der Waals surface area contributed by atoms with Gasteiger partial charge in [-0.1, -0.05) is 67.4 Å². The first kappa shape index (κ1) is 93.4. The lowest BCUT2D eigenvalue weighted by Gasteiger charge is -2.48. The summed E-state index contributed by atoms with van der Waals surface area (Å²) in [6, 6.07) is 9.86. The zero-order valence-corrected chi connectivity index (χ0v) is 68.9. The van der Waals surface area contributed by atoms with Crippen LogP contribution in [-0.4, -0.2) is 216 Å². The molecule has 674 valence electrons. The normalized spacial score (nSPS) is 25.9. The van der Waals surface area contributed by atoms with Crippen LogP contribution >= 0.6 is 23.2 Å². The number of benzene rings is 7. The van der Waals surface area contributed by atoms with E-state index in [-0.39, 0.29) is 59.9 Å². The number of likely N-dealkylation sites (N-methyl/N-ethyl adjacent to an activating group) is 1. The number of phenolic OH excluding ortho intramolecular Hbond substituents is 3. The van der Waals surface area contributed by atoms with E-state index in [1.54, 1.807) is 45.0 Å². The van der Waals surface area contributed by atoms with Crippen LogP contribution in [0.15, 0.2) is 127 Å². The molecule has 0 spiro atoms. The summed E-state index contributed by atoms with van der Waals surface area (Å²) in [5.74, 6) is -16.9. The Morgan fingerprint density at radius 2 is 1.32 bits per heavy atom. The van der Waals surface area contributed by atoms with Crippen LogP contribution in [0.5, 0.6) is 51.7 Å². The van der Waals surface area contributed by atoms with E-state index in [1.165, 1.54) is 26.1 Å². The molecule has 7 aliphatic heterocycles. The smallest absolute Gasteiger partial charge is 0.508 e. The number of aliphatic hydroxyl groups excluding tert-OH is 7. The second-order valence-corrected chi connectivity index (χ2v) is 31.8. The topological polar surface area (TPSA) is 579 Å². The fraction of sp³-hybridized carbons (Fsp3) is 0.386. The Kier molecular flexibility index (Phi) is 29.2. The number of rotatable bonds is 22. The van der Waals surface area contributed by atoms with Gasteiger partial charge in [0.1, 0.15) is 101 Å². The highest BCUT2D eigenvalue weighted by Crippen LogP contribution is 2.50. The molecular weight excluding hydrogens is 1710 g/mol. The number of carbonyl (C=O) groups excluding carboxylic acids is 9. The third-order valence-corrected chi connectivity index (χ3v) is 22.0. The molecule has 0 aliphatic carbocycles. The number of halogens is 5. The number of aromatic hydroxyl groups is 3. The molecule has 126 heavy (non-hydrogen) atoms. The first-order valence-corrected chi connectivity index (χ1v) is 40.1. The molecule has 2 fully saturated rings. The van der Waals surface area contributed by atoms with E-state index >= 15 is 24.0 Å². The molecule has 38 nitrogen and oxygen atoms in total. The zero-order valence-electron chi connectivity index (χ0n) is 67.4. The van der Waals surface area contributed by atoms with E-state index in [0.717, 1.165) is 91.0 Å². The minimum atomic E-state index is -4.96. The first-order valence-electron chi connectivity index (χ1n) is 39.3. The Hall–Kier alpha value is -11.8. The summed E-state index contributed by atoms with van der Waals surface area (Å²) >= 11 is 14.3. The third kappa shape index (κ3) is 21.5. The second-order valence-electron chi connectivity index (χ2n) is 31.0. The van der Waals surface area contributed by atoms with Gasteiger partial charge in [-0.05, 0) is 158 Å². The van der Waals surface area contributed by atoms with Gasteiger partial charge < -0.3 is 138 Å². The van der Waals surface area contributed by atoms with Gasteiger partial charge in [0.25, 0.3) is 11.8 Å². The van der Waals surface area contributed by atoms with Gasteiger partial charge in [-0.25, -0.2) is 5.43 Å². The number of hydrogen-bond donors (Lipinski definition) is 22. The van der Waals surface area contributed by atoms with E-state index in [9.17, 15) is 83.4 Å². The quantitative estimate of drug-likeness (QED) is 0.0342. The van der Waals surface area contributed by atoms with Crippen molar-refractivity contribution in [2.75, 3.05) is 32.1 Å². The predicted octanol–water partition coefficient (Wildman–Crippen LogP) is 2.62. The molecule has 0 saturated carbocycles. The van der Waals surface area contributed by atoms with Crippen molar-refractivity contribution < 1.29 is 141 Å². The van der Waals surface area contributed by atoms with Crippen molar-refractivity contribution in [3.8, 4) is 62.9 Å². The molecular formula is C83H91Cl2F3N12O26. The monoisotopic (exact) mass is 1800 g/mol. The van der Waals surface area contributed by atoms with Crippen molar-refractivity contribution >= 4 is 82.1 Å². The number of alkyl halides is 3. The third-order valence-electron chi connectivity index (χ3n) is 21.5. The summed E-state index contributed by atoms with van der Waals surface area (Å²) in [5, 5.41) is 139. The molecule has 0 radical (unpaired) electrons. The van der Waals surface area contributed by atoms with Crippen molar-refractivity contribution in [1.29, 1.82) is 0 Å². The van der Waals surface area contributed by atoms with Crippen molar-refractivity contribution in [3.05, 3.63) is 176 Å². The molecule has 7 aromatic rings. The molecule has 7 heterocycles. The number of hydrogen-bond acceptors (Lipinski definition) is 29. The van der Waals surface area contributed by atoms with Crippen LogP contribution in [0.1, 0.15) is 121 Å². The number of primary amides is 1. The Morgan fingerprint density at radius 3 is 1.93 bits per heavy atom. The molecule has 9 amide bonds. The zero-order chi connectivity index (χ0) is 91.2. The van der Waals surface area contributed by atoms with Crippen LogP contribution in [0.3, 0.4) is 0 Å². The number of ether oxygens (including phenoxy) is 7.